The van der Waals surface area contributed by atoms with Crippen molar-refractivity contribution < 1.29 is 0 Å². The fourth-order valence-corrected chi connectivity index (χ4v) is 3.61. The molecule has 1 aliphatic heterocycles. The van der Waals surface area contributed by atoms with Crippen LogP contribution in [-0.2, 0) is 6.42 Å². The quantitative estimate of drug-likeness (QED) is 0.913. The lowest BCUT2D eigenvalue weighted by atomic mass is 9.83. The second-order valence-corrected chi connectivity index (χ2v) is 8.07. The van der Waals surface area contributed by atoms with E-state index in [4.69, 9.17) is 0 Å². The van der Waals surface area contributed by atoms with E-state index < -0.39 is 0 Å². The zero-order valence-electron chi connectivity index (χ0n) is 13.8. The number of rotatable bonds is 4. The van der Waals surface area contributed by atoms with Gasteiger partial charge in [-0.05, 0) is 36.2 Å². The smallest absolute Gasteiger partial charge is 0.0269 e. The molecule has 2 aliphatic rings. The van der Waals surface area contributed by atoms with Crippen molar-refractivity contribution >= 4 is 0 Å². The number of nitrogens with one attached hydrogen (secondary N) is 1. The van der Waals surface area contributed by atoms with Gasteiger partial charge in [-0.1, -0.05) is 51.1 Å². The van der Waals surface area contributed by atoms with Crippen molar-refractivity contribution in [3.05, 3.63) is 35.9 Å². The van der Waals surface area contributed by atoms with Crippen molar-refractivity contribution in [1.82, 2.24) is 10.2 Å². The Morgan fingerprint density at radius 3 is 2.48 bits per heavy atom. The Morgan fingerprint density at radius 2 is 1.86 bits per heavy atom. The van der Waals surface area contributed by atoms with Gasteiger partial charge in [0.2, 0.25) is 0 Å². The number of benzene rings is 1. The summed E-state index contributed by atoms with van der Waals surface area (Å²) in [5, 5.41) is 3.81. The molecule has 2 fully saturated rings. The lowest BCUT2D eigenvalue weighted by Gasteiger charge is -2.46. The second kappa shape index (κ2) is 6.10. The summed E-state index contributed by atoms with van der Waals surface area (Å²) in [5.41, 5.74) is 1.81. The highest BCUT2D eigenvalue weighted by atomic mass is 15.2. The van der Waals surface area contributed by atoms with Crippen LogP contribution in [0.25, 0.3) is 0 Å². The summed E-state index contributed by atoms with van der Waals surface area (Å²) in [5.74, 6) is 0.977. The van der Waals surface area contributed by atoms with Crippen LogP contribution < -0.4 is 5.32 Å². The average molecular weight is 286 g/mol. The van der Waals surface area contributed by atoms with Crippen molar-refractivity contribution in [2.75, 3.05) is 19.6 Å². The first kappa shape index (κ1) is 15.1. The molecule has 0 aromatic heterocycles. The van der Waals surface area contributed by atoms with Crippen LogP contribution in [0.3, 0.4) is 0 Å². The van der Waals surface area contributed by atoms with E-state index in [9.17, 15) is 0 Å². The summed E-state index contributed by atoms with van der Waals surface area (Å²) in [6.45, 7) is 10.8. The van der Waals surface area contributed by atoms with E-state index in [-0.39, 0.29) is 0 Å². The molecule has 1 aromatic rings. The fraction of sp³-hybridized carbons (Fsp3) is 0.684. The SMILES string of the molecule is CC(C)(C)C1CNC(Cc2ccccc2)CN1CC1CC1. The molecule has 1 N–H and O–H groups in total. The van der Waals surface area contributed by atoms with Crippen LogP contribution in [0.2, 0.25) is 0 Å². The Hall–Kier alpha value is -0.860. The zero-order chi connectivity index (χ0) is 14.9. The van der Waals surface area contributed by atoms with Gasteiger partial charge in [0.05, 0.1) is 0 Å². The number of piperazine rings is 1. The molecule has 2 unspecified atom stereocenters. The van der Waals surface area contributed by atoms with Crippen LogP contribution in [-0.4, -0.2) is 36.6 Å². The summed E-state index contributed by atoms with van der Waals surface area (Å²) >= 11 is 0. The Labute approximate surface area is 129 Å². The molecular weight excluding hydrogens is 256 g/mol. The molecule has 1 aromatic carbocycles. The number of hydrogen-bond donors (Lipinski definition) is 1. The maximum atomic E-state index is 3.81. The van der Waals surface area contributed by atoms with Crippen LogP contribution in [0.4, 0.5) is 0 Å². The first-order chi connectivity index (χ1) is 10.0. The zero-order valence-corrected chi connectivity index (χ0v) is 13.8. The highest BCUT2D eigenvalue weighted by Gasteiger charge is 2.37. The van der Waals surface area contributed by atoms with Crippen LogP contribution in [0, 0.1) is 11.3 Å². The molecule has 2 nitrogen and oxygen atoms in total. The van der Waals surface area contributed by atoms with Crippen molar-refractivity contribution in [2.24, 2.45) is 11.3 Å². The van der Waals surface area contributed by atoms with E-state index in [0.717, 1.165) is 18.9 Å². The second-order valence-electron chi connectivity index (χ2n) is 8.07. The van der Waals surface area contributed by atoms with Gasteiger partial charge in [0, 0.05) is 31.7 Å². The minimum atomic E-state index is 0.361. The molecule has 21 heavy (non-hydrogen) atoms. The summed E-state index contributed by atoms with van der Waals surface area (Å²) in [6, 6.07) is 12.2. The molecule has 1 aliphatic carbocycles. The van der Waals surface area contributed by atoms with E-state index in [1.54, 1.807) is 0 Å². The highest BCUT2D eigenvalue weighted by molar-refractivity contribution is 5.16. The van der Waals surface area contributed by atoms with E-state index in [1.165, 1.54) is 31.5 Å². The molecule has 2 atom stereocenters. The standard InChI is InChI=1S/C19H30N2/c1-19(2,3)18-12-20-17(11-15-7-5-4-6-8-15)14-21(18)13-16-9-10-16/h4-8,16-18,20H,9-14H2,1-3H3. The maximum absolute atomic E-state index is 3.81. The molecule has 1 heterocycles. The van der Waals surface area contributed by atoms with Gasteiger partial charge in [0.1, 0.15) is 0 Å². The summed E-state index contributed by atoms with van der Waals surface area (Å²) in [7, 11) is 0. The number of nitrogens with zero attached hydrogens (tertiary/aromatic N) is 1. The van der Waals surface area contributed by atoms with Gasteiger partial charge in [-0.2, -0.15) is 0 Å². The van der Waals surface area contributed by atoms with Crippen molar-refractivity contribution in [3.8, 4) is 0 Å². The van der Waals surface area contributed by atoms with Gasteiger partial charge in [0.15, 0.2) is 0 Å². The lowest BCUT2D eigenvalue weighted by Crippen LogP contribution is -2.61. The van der Waals surface area contributed by atoms with E-state index >= 15 is 0 Å². The summed E-state index contributed by atoms with van der Waals surface area (Å²) < 4.78 is 0. The minimum absolute atomic E-state index is 0.361. The van der Waals surface area contributed by atoms with Crippen LogP contribution in [0.15, 0.2) is 30.3 Å². The highest BCUT2D eigenvalue weighted by Crippen LogP contribution is 2.34. The van der Waals surface area contributed by atoms with Crippen molar-refractivity contribution in [2.45, 2.75) is 52.1 Å². The third-order valence-corrected chi connectivity index (χ3v) is 5.01. The predicted octanol–water partition coefficient (Wildman–Crippen LogP) is 3.33. The Morgan fingerprint density at radius 1 is 1.14 bits per heavy atom. The van der Waals surface area contributed by atoms with E-state index in [2.05, 4.69) is 61.3 Å². The van der Waals surface area contributed by atoms with Gasteiger partial charge in [0.25, 0.3) is 0 Å². The number of hydrogen-bond acceptors (Lipinski definition) is 2. The predicted molar refractivity (Wildman–Crippen MR) is 89.5 cm³/mol. The molecule has 0 bridgehead atoms. The topological polar surface area (TPSA) is 15.3 Å². The van der Waals surface area contributed by atoms with Crippen molar-refractivity contribution in [3.63, 3.8) is 0 Å². The monoisotopic (exact) mass is 286 g/mol. The molecule has 1 saturated carbocycles. The molecule has 0 spiro atoms. The van der Waals surface area contributed by atoms with E-state index in [0.29, 0.717) is 17.5 Å². The van der Waals surface area contributed by atoms with E-state index in [1.807, 2.05) is 0 Å². The molecule has 2 heteroatoms. The fourth-order valence-electron chi connectivity index (χ4n) is 3.61. The van der Waals surface area contributed by atoms with Gasteiger partial charge >= 0.3 is 0 Å². The molecule has 0 radical (unpaired) electrons. The largest absolute Gasteiger partial charge is 0.311 e. The first-order valence-electron chi connectivity index (χ1n) is 8.54. The average Bonchev–Trinajstić information content (AvgIpc) is 3.23. The molecule has 3 rings (SSSR count). The Kier molecular flexibility index (Phi) is 4.37. The molecular formula is C19H30N2. The van der Waals surface area contributed by atoms with Gasteiger partial charge < -0.3 is 5.32 Å². The van der Waals surface area contributed by atoms with Gasteiger partial charge in [-0.3, -0.25) is 4.90 Å². The van der Waals surface area contributed by atoms with Crippen LogP contribution in [0.1, 0.15) is 39.2 Å². The molecule has 0 amide bonds. The first-order valence-corrected chi connectivity index (χ1v) is 8.54. The summed E-state index contributed by atoms with van der Waals surface area (Å²) in [6.07, 6.45) is 4.05. The third-order valence-electron chi connectivity index (χ3n) is 5.01. The van der Waals surface area contributed by atoms with Gasteiger partial charge in [-0.15, -0.1) is 0 Å². The normalized spacial score (nSPS) is 27.8. The van der Waals surface area contributed by atoms with Gasteiger partial charge in [-0.25, -0.2) is 0 Å². The summed E-state index contributed by atoms with van der Waals surface area (Å²) in [4.78, 5) is 2.78. The molecule has 116 valence electrons. The van der Waals surface area contributed by atoms with Crippen LogP contribution >= 0.6 is 0 Å². The maximum Gasteiger partial charge on any atom is 0.0269 e. The third kappa shape index (κ3) is 4.08. The molecule has 1 saturated heterocycles. The van der Waals surface area contributed by atoms with Crippen LogP contribution in [0.5, 0.6) is 0 Å². The Balaban J connectivity index is 1.64. The lowest BCUT2D eigenvalue weighted by molar-refractivity contribution is 0.0519. The Bertz CT molecular complexity index is 444. The van der Waals surface area contributed by atoms with Crippen molar-refractivity contribution in [1.29, 1.82) is 0 Å². The minimum Gasteiger partial charge on any atom is -0.311 e.